The van der Waals surface area contributed by atoms with Crippen LogP contribution in [-0.4, -0.2) is 32.7 Å². The number of hydrogen-bond donors (Lipinski definition) is 0. The van der Waals surface area contributed by atoms with Crippen molar-refractivity contribution in [2.24, 2.45) is 7.05 Å². The highest BCUT2D eigenvalue weighted by molar-refractivity contribution is 5.98. The Morgan fingerprint density at radius 3 is 2.87 bits per heavy atom. The second kappa shape index (κ2) is 6.95. The fourth-order valence-electron chi connectivity index (χ4n) is 3.78. The quantitative estimate of drug-likeness (QED) is 0.517. The predicted molar refractivity (Wildman–Crippen MR) is 110 cm³/mol. The maximum Gasteiger partial charge on any atom is 0.256 e. The molecule has 0 saturated heterocycles. The predicted octanol–water partition coefficient (Wildman–Crippen LogP) is 3.94. The molecule has 1 aliphatic heterocycles. The van der Waals surface area contributed by atoms with E-state index in [1.807, 2.05) is 31.4 Å². The van der Waals surface area contributed by atoms with E-state index < -0.39 is 18.2 Å². The summed E-state index contributed by atoms with van der Waals surface area (Å²) < 4.78 is 39.3. The minimum absolute atomic E-state index is 0.0317. The van der Waals surface area contributed by atoms with E-state index >= 15 is 4.39 Å². The molecule has 3 heterocycles. The molecule has 0 unspecified atom stereocenters. The molecule has 6 nitrogen and oxygen atoms in total. The van der Waals surface area contributed by atoms with Crippen molar-refractivity contribution in [1.82, 2.24) is 19.7 Å². The fraction of sp³-hybridized carbons (Fsp3) is 0.174. The average molecular weight is 404 g/mol. The Kier molecular flexibility index (Phi) is 3.73. The molecule has 7 heteroatoms. The summed E-state index contributed by atoms with van der Waals surface area (Å²) in [7, 11) is 3.24. The maximum atomic E-state index is 15.4. The Labute approximate surface area is 175 Å². The van der Waals surface area contributed by atoms with Gasteiger partial charge in [-0.15, -0.1) is 0 Å². The molecule has 4 aromatic rings. The van der Waals surface area contributed by atoms with E-state index in [2.05, 4.69) is 10.1 Å². The first-order chi connectivity index (χ1) is 15.3. The monoisotopic (exact) mass is 404 g/mol. The van der Waals surface area contributed by atoms with Crippen LogP contribution in [0.4, 0.5) is 4.39 Å². The molecule has 0 aliphatic carbocycles. The number of carbonyl (C=O) groups excluding carboxylic acids is 1. The zero-order valence-corrected chi connectivity index (χ0v) is 16.4. The third-order valence-corrected chi connectivity index (χ3v) is 5.19. The van der Waals surface area contributed by atoms with Gasteiger partial charge in [0, 0.05) is 30.4 Å². The first-order valence-electron chi connectivity index (χ1n) is 10.4. The number of aryl methyl sites for hydroxylation is 1. The number of nitrogens with zero attached hydrogens (tertiary/aromatic N) is 4. The van der Waals surface area contributed by atoms with Gasteiger partial charge in [-0.25, -0.2) is 4.39 Å². The number of pyridine rings is 1. The van der Waals surface area contributed by atoms with Crippen LogP contribution in [0.3, 0.4) is 0 Å². The van der Waals surface area contributed by atoms with E-state index in [1.54, 1.807) is 16.8 Å². The first-order valence-corrected chi connectivity index (χ1v) is 9.38. The second-order valence-corrected chi connectivity index (χ2v) is 7.08. The summed E-state index contributed by atoms with van der Waals surface area (Å²) in [6, 6.07) is 11.8. The van der Waals surface area contributed by atoms with Gasteiger partial charge >= 0.3 is 0 Å². The van der Waals surface area contributed by atoms with Gasteiger partial charge in [-0.3, -0.25) is 14.5 Å². The lowest BCUT2D eigenvalue weighted by Crippen LogP contribution is -2.24. The van der Waals surface area contributed by atoms with Gasteiger partial charge in [-0.1, -0.05) is 12.1 Å². The van der Waals surface area contributed by atoms with Crippen molar-refractivity contribution in [1.29, 1.82) is 0 Å². The molecule has 5 rings (SSSR count). The number of rotatable bonds is 4. The molecular weight excluding hydrogens is 383 g/mol. The Hall–Kier alpha value is -3.74. The van der Waals surface area contributed by atoms with E-state index in [0.29, 0.717) is 5.56 Å². The summed E-state index contributed by atoms with van der Waals surface area (Å²) in [6.07, 6.45) is 3.30. The molecule has 30 heavy (non-hydrogen) atoms. The molecule has 1 amide bonds. The largest absolute Gasteiger partial charge is 0.496 e. The van der Waals surface area contributed by atoms with Gasteiger partial charge < -0.3 is 9.64 Å². The SMILES string of the molecule is [2H]C1([2H])c2ncccc2C(=O)N1Cc1c(F)cc(-c2cccc3nn(C)cc23)cc1OC. The number of halogens is 1. The molecule has 0 radical (unpaired) electrons. The number of amides is 1. The topological polar surface area (TPSA) is 60.2 Å². The molecular formula is C23H19FN4O2. The van der Waals surface area contributed by atoms with Crippen molar-refractivity contribution in [3.8, 4) is 16.9 Å². The Bertz CT molecular complexity index is 1390. The second-order valence-electron chi connectivity index (χ2n) is 7.08. The minimum atomic E-state index is -2.16. The van der Waals surface area contributed by atoms with Crippen LogP contribution in [0.2, 0.25) is 0 Å². The molecule has 2 aromatic heterocycles. The highest BCUT2D eigenvalue weighted by atomic mass is 19.1. The number of benzene rings is 2. The summed E-state index contributed by atoms with van der Waals surface area (Å²) in [4.78, 5) is 17.9. The number of methoxy groups -OCH3 is 1. The van der Waals surface area contributed by atoms with Crippen molar-refractivity contribution in [2.75, 3.05) is 7.11 Å². The highest BCUT2D eigenvalue weighted by Gasteiger charge is 2.29. The van der Waals surface area contributed by atoms with Gasteiger partial charge in [0.2, 0.25) is 0 Å². The van der Waals surface area contributed by atoms with Crippen molar-refractivity contribution >= 4 is 16.8 Å². The molecule has 0 spiro atoms. The van der Waals surface area contributed by atoms with Crippen molar-refractivity contribution in [3.63, 3.8) is 0 Å². The fourth-order valence-corrected chi connectivity index (χ4v) is 3.78. The van der Waals surface area contributed by atoms with Crippen LogP contribution in [-0.2, 0) is 20.1 Å². The van der Waals surface area contributed by atoms with Crippen LogP contribution < -0.4 is 4.74 Å². The van der Waals surface area contributed by atoms with E-state index in [4.69, 9.17) is 7.48 Å². The lowest BCUT2D eigenvalue weighted by Gasteiger charge is -2.19. The van der Waals surface area contributed by atoms with Gasteiger partial charge in [0.05, 0.1) is 39.7 Å². The summed E-state index contributed by atoms with van der Waals surface area (Å²) in [5.74, 6) is -0.898. The molecule has 0 bridgehead atoms. The smallest absolute Gasteiger partial charge is 0.256 e. The van der Waals surface area contributed by atoms with Crippen LogP contribution in [0, 0.1) is 5.82 Å². The van der Waals surface area contributed by atoms with E-state index in [-0.39, 0.29) is 29.1 Å². The number of ether oxygens (including phenoxy) is 1. The number of carbonyl (C=O) groups is 1. The molecule has 1 aliphatic rings. The Morgan fingerprint density at radius 1 is 1.23 bits per heavy atom. The van der Waals surface area contributed by atoms with Crippen LogP contribution in [0.15, 0.2) is 54.9 Å². The lowest BCUT2D eigenvalue weighted by atomic mass is 9.99. The van der Waals surface area contributed by atoms with Gasteiger partial charge in [-0.2, -0.15) is 5.10 Å². The molecule has 0 saturated carbocycles. The summed E-state index contributed by atoms with van der Waals surface area (Å²) in [5, 5.41) is 5.27. The van der Waals surface area contributed by atoms with Crippen molar-refractivity contribution in [3.05, 3.63) is 77.5 Å². The summed E-state index contributed by atoms with van der Waals surface area (Å²) in [5.41, 5.74) is 2.49. The molecule has 150 valence electrons. The molecule has 0 N–H and O–H groups in total. The third-order valence-electron chi connectivity index (χ3n) is 5.19. The van der Waals surface area contributed by atoms with Gasteiger partial charge in [-0.05, 0) is 41.5 Å². The van der Waals surface area contributed by atoms with Crippen LogP contribution in [0.5, 0.6) is 5.75 Å². The first kappa shape index (κ1) is 16.1. The highest BCUT2D eigenvalue weighted by Crippen LogP contribution is 2.35. The van der Waals surface area contributed by atoms with E-state index in [9.17, 15) is 4.79 Å². The van der Waals surface area contributed by atoms with E-state index in [1.165, 1.54) is 25.4 Å². The van der Waals surface area contributed by atoms with Gasteiger partial charge in [0.25, 0.3) is 5.91 Å². The zero-order valence-electron chi connectivity index (χ0n) is 18.4. The third kappa shape index (κ3) is 2.90. The van der Waals surface area contributed by atoms with Crippen molar-refractivity contribution < 1.29 is 16.7 Å². The molecule has 0 fully saturated rings. The van der Waals surface area contributed by atoms with Crippen LogP contribution >= 0.6 is 0 Å². The maximum absolute atomic E-state index is 15.4. The molecule has 0 atom stereocenters. The summed E-state index contributed by atoms with van der Waals surface area (Å²) >= 11 is 0. The number of hydrogen-bond acceptors (Lipinski definition) is 4. The normalized spacial score (nSPS) is 15.8. The van der Waals surface area contributed by atoms with Crippen LogP contribution in [0.25, 0.3) is 22.0 Å². The summed E-state index contributed by atoms with van der Waals surface area (Å²) in [6.45, 7) is -2.46. The minimum Gasteiger partial charge on any atom is -0.496 e. The van der Waals surface area contributed by atoms with Crippen molar-refractivity contribution in [2.45, 2.75) is 13.0 Å². The standard InChI is InChI=1S/C23H19FN4O2/c1-27-11-17-15(5-3-7-20(17)26-27)14-9-19(24)18(22(10-14)30-2)12-28-13-21-16(23(28)29)6-4-8-25-21/h3-11H,12-13H2,1-2H3/i13D2. The Balaban J connectivity index is 1.57. The van der Waals surface area contributed by atoms with Gasteiger partial charge in [0.15, 0.2) is 0 Å². The lowest BCUT2D eigenvalue weighted by molar-refractivity contribution is 0.0763. The number of aromatic nitrogens is 3. The van der Waals surface area contributed by atoms with E-state index in [0.717, 1.165) is 21.4 Å². The average Bonchev–Trinajstić information content (AvgIpc) is 3.25. The number of fused-ring (bicyclic) bond motifs is 2. The van der Waals surface area contributed by atoms with Gasteiger partial charge in [0.1, 0.15) is 11.6 Å². The Morgan fingerprint density at radius 2 is 2.07 bits per heavy atom. The van der Waals surface area contributed by atoms with Crippen LogP contribution in [0.1, 0.15) is 24.4 Å². The zero-order chi connectivity index (χ0) is 22.6. The molecule has 2 aromatic carbocycles.